The summed E-state index contributed by atoms with van der Waals surface area (Å²) in [5, 5.41) is 9.51. The molecule has 0 aromatic carbocycles. The summed E-state index contributed by atoms with van der Waals surface area (Å²) in [4.78, 5) is 11.9. The minimum absolute atomic E-state index is 0.0820. The average molecular weight is 241 g/mol. The molecular weight excluding hydrogens is 218 g/mol. The molecule has 3 N–H and O–H groups in total. The lowest BCUT2D eigenvalue weighted by atomic mass is 10.1. The Balaban J connectivity index is 1.66. The first-order valence-corrected chi connectivity index (χ1v) is 6.62. The molecule has 2 aliphatic heterocycles. The quantitative estimate of drug-likeness (QED) is 0.630. The van der Waals surface area contributed by atoms with Gasteiger partial charge in [0.2, 0.25) is 5.91 Å². The molecule has 1 amide bonds. The molecule has 17 heavy (non-hydrogen) atoms. The van der Waals surface area contributed by atoms with Gasteiger partial charge in [-0.1, -0.05) is 0 Å². The molecule has 0 saturated carbocycles. The highest BCUT2D eigenvalue weighted by Crippen LogP contribution is 2.11. The van der Waals surface area contributed by atoms with E-state index in [0.29, 0.717) is 19.1 Å². The first-order chi connectivity index (χ1) is 8.25. The van der Waals surface area contributed by atoms with Crippen LogP contribution in [0.3, 0.4) is 0 Å². The second-order valence-corrected chi connectivity index (χ2v) is 5.00. The van der Waals surface area contributed by atoms with Crippen LogP contribution >= 0.6 is 0 Å². The van der Waals surface area contributed by atoms with E-state index in [1.54, 1.807) is 0 Å². The van der Waals surface area contributed by atoms with Crippen molar-refractivity contribution in [3.63, 3.8) is 0 Å². The molecule has 0 radical (unpaired) electrons. The van der Waals surface area contributed by atoms with Gasteiger partial charge in [0, 0.05) is 32.3 Å². The topological polar surface area (TPSA) is 62.4 Å². The van der Waals surface area contributed by atoms with Crippen molar-refractivity contribution in [1.29, 1.82) is 0 Å². The summed E-state index contributed by atoms with van der Waals surface area (Å²) >= 11 is 0. The predicted molar refractivity (Wildman–Crippen MR) is 65.9 cm³/mol. The fourth-order valence-corrected chi connectivity index (χ4v) is 2.27. The Morgan fingerprint density at radius 2 is 2.24 bits per heavy atom. The number of carbonyl (C=O) groups is 1. The Morgan fingerprint density at radius 1 is 1.35 bits per heavy atom. The normalized spacial score (nSPS) is 34.3. The summed E-state index contributed by atoms with van der Waals surface area (Å²) in [7, 11) is 0. The highest BCUT2D eigenvalue weighted by Gasteiger charge is 2.24. The second kappa shape index (κ2) is 6.33. The monoisotopic (exact) mass is 241 g/mol. The summed E-state index contributed by atoms with van der Waals surface area (Å²) in [6.45, 7) is 5.14. The van der Waals surface area contributed by atoms with Gasteiger partial charge in [-0.15, -0.1) is 0 Å². The summed E-state index contributed by atoms with van der Waals surface area (Å²) in [5.41, 5.74) is 0. The lowest BCUT2D eigenvalue weighted by Crippen LogP contribution is -2.59. The van der Waals surface area contributed by atoms with Crippen LogP contribution < -0.4 is 16.0 Å². The molecule has 2 rings (SSSR count). The van der Waals surface area contributed by atoms with Crippen molar-refractivity contribution in [2.45, 2.75) is 44.4 Å². The Kier molecular flexibility index (Phi) is 4.76. The van der Waals surface area contributed by atoms with Crippen LogP contribution in [0.15, 0.2) is 0 Å². The molecular formula is C12H23N3O2. The van der Waals surface area contributed by atoms with Gasteiger partial charge < -0.3 is 20.7 Å². The zero-order valence-electron chi connectivity index (χ0n) is 10.5. The average Bonchev–Trinajstić information content (AvgIpc) is 2.38. The number of nitrogens with one attached hydrogen (secondary N) is 3. The molecule has 0 aromatic heterocycles. The molecule has 3 atom stereocenters. The Morgan fingerprint density at radius 3 is 2.88 bits per heavy atom. The summed E-state index contributed by atoms with van der Waals surface area (Å²) in [6, 6.07) is 0.343. The smallest absolute Gasteiger partial charge is 0.238 e. The van der Waals surface area contributed by atoms with E-state index in [1.165, 1.54) is 6.42 Å². The fraction of sp³-hybridized carbons (Fsp3) is 0.917. The van der Waals surface area contributed by atoms with Gasteiger partial charge in [0.05, 0.1) is 12.1 Å². The van der Waals surface area contributed by atoms with Gasteiger partial charge in [-0.25, -0.2) is 0 Å². The van der Waals surface area contributed by atoms with Crippen LogP contribution in [-0.2, 0) is 9.53 Å². The zero-order valence-corrected chi connectivity index (χ0v) is 10.5. The lowest BCUT2D eigenvalue weighted by Gasteiger charge is -2.29. The third kappa shape index (κ3) is 3.94. The molecule has 98 valence electrons. The van der Waals surface area contributed by atoms with Gasteiger partial charge in [-0.3, -0.25) is 4.79 Å². The fourth-order valence-electron chi connectivity index (χ4n) is 2.27. The number of piperazine rings is 1. The van der Waals surface area contributed by atoms with Gasteiger partial charge in [-0.05, 0) is 26.2 Å². The van der Waals surface area contributed by atoms with Crippen LogP contribution in [0.25, 0.3) is 0 Å². The molecule has 2 aliphatic rings. The summed E-state index contributed by atoms with van der Waals surface area (Å²) in [5.74, 6) is 0.0820. The number of carbonyl (C=O) groups excluding carboxylic acids is 1. The van der Waals surface area contributed by atoms with E-state index in [9.17, 15) is 4.79 Å². The maximum Gasteiger partial charge on any atom is 0.238 e. The molecule has 0 aliphatic carbocycles. The van der Waals surface area contributed by atoms with Crippen LogP contribution in [0.2, 0.25) is 0 Å². The van der Waals surface area contributed by atoms with Crippen molar-refractivity contribution in [2.75, 3.05) is 26.2 Å². The molecule has 0 spiro atoms. The van der Waals surface area contributed by atoms with E-state index in [2.05, 4.69) is 22.9 Å². The first-order valence-electron chi connectivity index (χ1n) is 6.62. The van der Waals surface area contributed by atoms with Crippen molar-refractivity contribution in [1.82, 2.24) is 16.0 Å². The number of hydrogen-bond donors (Lipinski definition) is 3. The van der Waals surface area contributed by atoms with Gasteiger partial charge in [0.1, 0.15) is 0 Å². The summed E-state index contributed by atoms with van der Waals surface area (Å²) < 4.78 is 5.58. The predicted octanol–water partition coefficient (Wildman–Crippen LogP) is -0.378. The van der Waals surface area contributed by atoms with Crippen LogP contribution in [0, 0.1) is 0 Å². The van der Waals surface area contributed by atoms with Gasteiger partial charge >= 0.3 is 0 Å². The lowest BCUT2D eigenvalue weighted by molar-refractivity contribution is -0.124. The molecule has 3 unspecified atom stereocenters. The van der Waals surface area contributed by atoms with Crippen LogP contribution in [0.5, 0.6) is 0 Å². The van der Waals surface area contributed by atoms with Gasteiger partial charge in [0.25, 0.3) is 0 Å². The van der Waals surface area contributed by atoms with E-state index in [0.717, 1.165) is 26.0 Å². The maximum atomic E-state index is 11.9. The molecule has 5 nitrogen and oxygen atoms in total. The van der Waals surface area contributed by atoms with E-state index in [1.807, 2.05) is 0 Å². The van der Waals surface area contributed by atoms with Crippen molar-refractivity contribution in [2.24, 2.45) is 0 Å². The van der Waals surface area contributed by atoms with Crippen molar-refractivity contribution < 1.29 is 9.53 Å². The second-order valence-electron chi connectivity index (χ2n) is 5.00. The van der Waals surface area contributed by atoms with Crippen molar-refractivity contribution in [3.05, 3.63) is 0 Å². The van der Waals surface area contributed by atoms with E-state index >= 15 is 0 Å². The molecule has 0 aromatic rings. The van der Waals surface area contributed by atoms with E-state index in [4.69, 9.17) is 4.74 Å². The Labute approximate surface area is 103 Å². The molecule has 5 heteroatoms. The van der Waals surface area contributed by atoms with Crippen molar-refractivity contribution >= 4 is 5.91 Å². The highest BCUT2D eigenvalue weighted by molar-refractivity contribution is 5.82. The first kappa shape index (κ1) is 12.8. The minimum Gasteiger partial charge on any atom is -0.376 e. The SMILES string of the molecule is CC1CNC(C(=O)NCC2CCCCO2)CN1. The zero-order chi connectivity index (χ0) is 12.1. The number of hydrogen-bond acceptors (Lipinski definition) is 4. The van der Waals surface area contributed by atoms with Crippen LogP contribution in [0.1, 0.15) is 26.2 Å². The van der Waals surface area contributed by atoms with Crippen LogP contribution in [-0.4, -0.2) is 50.3 Å². The van der Waals surface area contributed by atoms with Gasteiger partial charge in [-0.2, -0.15) is 0 Å². The minimum atomic E-state index is -0.102. The van der Waals surface area contributed by atoms with E-state index < -0.39 is 0 Å². The molecule has 0 bridgehead atoms. The number of rotatable bonds is 3. The summed E-state index contributed by atoms with van der Waals surface area (Å²) in [6.07, 6.45) is 3.63. The van der Waals surface area contributed by atoms with Crippen molar-refractivity contribution in [3.8, 4) is 0 Å². The number of amides is 1. The van der Waals surface area contributed by atoms with E-state index in [-0.39, 0.29) is 18.1 Å². The molecule has 2 fully saturated rings. The third-order valence-electron chi connectivity index (χ3n) is 3.44. The number of ether oxygens (including phenoxy) is 1. The Hall–Kier alpha value is -0.650. The third-order valence-corrected chi connectivity index (χ3v) is 3.44. The molecule has 2 saturated heterocycles. The van der Waals surface area contributed by atoms with Gasteiger partial charge in [0.15, 0.2) is 0 Å². The van der Waals surface area contributed by atoms with Crippen LogP contribution in [0.4, 0.5) is 0 Å². The standard InChI is InChI=1S/C12H23N3O2/c1-9-6-14-11(8-13-9)12(16)15-7-10-4-2-3-5-17-10/h9-11,13-14H,2-8H2,1H3,(H,15,16). The highest BCUT2D eigenvalue weighted by atomic mass is 16.5. The largest absolute Gasteiger partial charge is 0.376 e. The Bertz CT molecular complexity index is 246. The maximum absolute atomic E-state index is 11.9. The molecule has 2 heterocycles.